The van der Waals surface area contributed by atoms with Gasteiger partial charge >= 0.3 is 0 Å². The van der Waals surface area contributed by atoms with Crippen LogP contribution in [-0.4, -0.2) is 4.98 Å². The van der Waals surface area contributed by atoms with Crippen molar-refractivity contribution < 1.29 is 0 Å². The fourth-order valence-corrected chi connectivity index (χ4v) is 4.27. The summed E-state index contributed by atoms with van der Waals surface area (Å²) in [4.78, 5) is 5.13. The molecule has 0 saturated carbocycles. The predicted octanol–water partition coefficient (Wildman–Crippen LogP) is 7.15. The highest BCUT2D eigenvalue weighted by molar-refractivity contribution is 5.75. The van der Waals surface area contributed by atoms with E-state index in [1.807, 2.05) is 0 Å². The molecule has 1 aromatic heterocycles. The summed E-state index contributed by atoms with van der Waals surface area (Å²) < 4.78 is 0. The SMILES string of the molecule is CCC1CCc2nc(-c3cccc(C(C)(C)C)c3)cc(-c3ccccc3)c21. The first kappa shape index (κ1) is 18.0. The second-order valence-corrected chi connectivity index (χ2v) is 8.76. The van der Waals surface area contributed by atoms with E-state index in [0.717, 1.165) is 12.1 Å². The van der Waals surface area contributed by atoms with Gasteiger partial charge in [0.2, 0.25) is 0 Å². The molecule has 1 nitrogen and oxygen atoms in total. The first-order chi connectivity index (χ1) is 13.0. The molecule has 1 unspecified atom stereocenters. The lowest BCUT2D eigenvalue weighted by atomic mass is 9.85. The molecule has 0 N–H and O–H groups in total. The van der Waals surface area contributed by atoms with Crippen molar-refractivity contribution in [3.63, 3.8) is 0 Å². The van der Waals surface area contributed by atoms with E-state index in [2.05, 4.69) is 88.4 Å². The lowest BCUT2D eigenvalue weighted by Gasteiger charge is -2.20. The second kappa shape index (κ2) is 6.96. The summed E-state index contributed by atoms with van der Waals surface area (Å²) in [5.74, 6) is 0.637. The fourth-order valence-electron chi connectivity index (χ4n) is 4.27. The standard InChI is InChI=1S/C26H29N/c1-5-18-14-15-23-25(18)22(19-10-7-6-8-11-19)17-24(27-23)20-12-9-13-21(16-20)26(2,3)4/h6-13,16-18H,5,14-15H2,1-4H3. The van der Waals surface area contributed by atoms with E-state index in [0.29, 0.717) is 5.92 Å². The molecule has 138 valence electrons. The molecule has 0 saturated heterocycles. The summed E-state index contributed by atoms with van der Waals surface area (Å²) in [5.41, 5.74) is 9.31. The highest BCUT2D eigenvalue weighted by Crippen LogP contribution is 2.42. The molecule has 0 bridgehead atoms. The molecule has 1 heteroatoms. The zero-order chi connectivity index (χ0) is 19.0. The molecule has 0 amide bonds. The Morgan fingerprint density at radius 3 is 2.37 bits per heavy atom. The maximum atomic E-state index is 5.13. The summed E-state index contributed by atoms with van der Waals surface area (Å²) in [6, 6.07) is 22.1. The van der Waals surface area contributed by atoms with E-state index in [1.165, 1.54) is 46.4 Å². The Hall–Kier alpha value is -2.41. The molecule has 1 atom stereocenters. The molecule has 0 spiro atoms. The smallest absolute Gasteiger partial charge is 0.0711 e. The Kier molecular flexibility index (Phi) is 4.63. The molecule has 2 aromatic carbocycles. The Balaban J connectivity index is 1.90. The lowest BCUT2D eigenvalue weighted by molar-refractivity contribution is 0.590. The monoisotopic (exact) mass is 355 g/mol. The molecule has 27 heavy (non-hydrogen) atoms. The van der Waals surface area contributed by atoms with Gasteiger partial charge in [-0.3, -0.25) is 4.98 Å². The average molecular weight is 356 g/mol. The van der Waals surface area contributed by atoms with Crippen molar-refractivity contribution in [1.82, 2.24) is 4.98 Å². The zero-order valence-electron chi connectivity index (χ0n) is 16.9. The summed E-state index contributed by atoms with van der Waals surface area (Å²) in [5, 5.41) is 0. The van der Waals surface area contributed by atoms with Crippen LogP contribution in [0.5, 0.6) is 0 Å². The molecule has 1 heterocycles. The molecule has 3 aromatic rings. The third-order valence-corrected chi connectivity index (χ3v) is 5.88. The van der Waals surface area contributed by atoms with Crippen LogP contribution in [0.4, 0.5) is 0 Å². The topological polar surface area (TPSA) is 12.9 Å². The highest BCUT2D eigenvalue weighted by Gasteiger charge is 2.27. The molecule has 1 aliphatic rings. The molecule has 0 fully saturated rings. The van der Waals surface area contributed by atoms with Crippen molar-refractivity contribution >= 4 is 0 Å². The number of hydrogen-bond acceptors (Lipinski definition) is 1. The maximum absolute atomic E-state index is 5.13. The average Bonchev–Trinajstić information content (AvgIpc) is 3.10. The van der Waals surface area contributed by atoms with Crippen molar-refractivity contribution in [2.45, 2.75) is 58.3 Å². The van der Waals surface area contributed by atoms with Gasteiger partial charge in [0.05, 0.1) is 5.69 Å². The van der Waals surface area contributed by atoms with Crippen LogP contribution in [0, 0.1) is 0 Å². The third-order valence-electron chi connectivity index (χ3n) is 5.88. The van der Waals surface area contributed by atoms with Gasteiger partial charge < -0.3 is 0 Å². The summed E-state index contributed by atoms with van der Waals surface area (Å²) in [7, 11) is 0. The quantitative estimate of drug-likeness (QED) is 0.486. The van der Waals surface area contributed by atoms with Crippen molar-refractivity contribution in [2.24, 2.45) is 0 Å². The minimum Gasteiger partial charge on any atom is -0.253 e. The van der Waals surface area contributed by atoms with E-state index in [9.17, 15) is 0 Å². The first-order valence-corrected chi connectivity index (χ1v) is 10.2. The number of nitrogens with zero attached hydrogens (tertiary/aromatic N) is 1. The van der Waals surface area contributed by atoms with Gasteiger partial charge in [-0.05, 0) is 65.0 Å². The van der Waals surface area contributed by atoms with Crippen molar-refractivity contribution in [3.8, 4) is 22.4 Å². The molecule has 0 radical (unpaired) electrons. The number of aromatic nitrogens is 1. The number of hydrogen-bond donors (Lipinski definition) is 0. The van der Waals surface area contributed by atoms with Gasteiger partial charge in [0, 0.05) is 11.3 Å². The van der Waals surface area contributed by atoms with Crippen molar-refractivity contribution in [1.29, 1.82) is 0 Å². The number of benzene rings is 2. The van der Waals surface area contributed by atoms with Crippen LogP contribution in [0.25, 0.3) is 22.4 Å². The van der Waals surface area contributed by atoms with Crippen LogP contribution < -0.4 is 0 Å². The Morgan fingerprint density at radius 1 is 0.926 bits per heavy atom. The molecular weight excluding hydrogens is 326 g/mol. The Morgan fingerprint density at radius 2 is 1.67 bits per heavy atom. The van der Waals surface area contributed by atoms with Gasteiger partial charge in [0.1, 0.15) is 0 Å². The fraction of sp³-hybridized carbons (Fsp3) is 0.346. The highest BCUT2D eigenvalue weighted by atomic mass is 14.7. The number of fused-ring (bicyclic) bond motifs is 1. The first-order valence-electron chi connectivity index (χ1n) is 10.2. The molecule has 4 rings (SSSR count). The Labute approximate surface area is 163 Å². The summed E-state index contributed by atoms with van der Waals surface area (Å²) in [6.45, 7) is 9.10. The van der Waals surface area contributed by atoms with Crippen LogP contribution in [0.2, 0.25) is 0 Å². The number of aryl methyl sites for hydroxylation is 1. The maximum Gasteiger partial charge on any atom is 0.0711 e. The Bertz CT molecular complexity index is 948. The molecular formula is C26H29N. The van der Waals surface area contributed by atoms with Crippen LogP contribution in [0.15, 0.2) is 60.7 Å². The minimum atomic E-state index is 0.141. The molecule has 1 aliphatic carbocycles. The van der Waals surface area contributed by atoms with Gasteiger partial charge in [0.15, 0.2) is 0 Å². The van der Waals surface area contributed by atoms with E-state index in [1.54, 1.807) is 0 Å². The zero-order valence-corrected chi connectivity index (χ0v) is 16.9. The van der Waals surface area contributed by atoms with Crippen LogP contribution in [0.3, 0.4) is 0 Å². The molecule has 0 aliphatic heterocycles. The lowest BCUT2D eigenvalue weighted by Crippen LogP contribution is -2.10. The van der Waals surface area contributed by atoms with E-state index in [-0.39, 0.29) is 5.41 Å². The normalized spacial score (nSPS) is 16.4. The number of pyridine rings is 1. The predicted molar refractivity (Wildman–Crippen MR) is 115 cm³/mol. The second-order valence-electron chi connectivity index (χ2n) is 8.76. The van der Waals surface area contributed by atoms with Crippen LogP contribution in [0.1, 0.15) is 63.3 Å². The van der Waals surface area contributed by atoms with Crippen LogP contribution in [-0.2, 0) is 11.8 Å². The van der Waals surface area contributed by atoms with E-state index >= 15 is 0 Å². The van der Waals surface area contributed by atoms with Crippen molar-refractivity contribution in [2.75, 3.05) is 0 Å². The van der Waals surface area contributed by atoms with Gasteiger partial charge in [-0.1, -0.05) is 76.2 Å². The van der Waals surface area contributed by atoms with Gasteiger partial charge in [-0.15, -0.1) is 0 Å². The minimum absolute atomic E-state index is 0.141. The summed E-state index contributed by atoms with van der Waals surface area (Å²) in [6.07, 6.45) is 3.51. The van der Waals surface area contributed by atoms with E-state index in [4.69, 9.17) is 4.98 Å². The van der Waals surface area contributed by atoms with Crippen molar-refractivity contribution in [3.05, 3.63) is 77.5 Å². The van der Waals surface area contributed by atoms with Gasteiger partial charge in [-0.25, -0.2) is 0 Å². The van der Waals surface area contributed by atoms with E-state index < -0.39 is 0 Å². The van der Waals surface area contributed by atoms with Crippen LogP contribution >= 0.6 is 0 Å². The van der Waals surface area contributed by atoms with Gasteiger partial charge in [-0.2, -0.15) is 0 Å². The number of rotatable bonds is 3. The summed E-state index contributed by atoms with van der Waals surface area (Å²) >= 11 is 0. The third kappa shape index (κ3) is 3.43. The largest absolute Gasteiger partial charge is 0.253 e. The van der Waals surface area contributed by atoms with Gasteiger partial charge in [0.25, 0.3) is 0 Å².